The molecular formula is C7H6BrCl2NO4. The summed E-state index contributed by atoms with van der Waals surface area (Å²) >= 11 is 2.98. The number of carbonyl (C=O) groups is 2. The Labute approximate surface area is 105 Å². The second-order valence-electron chi connectivity index (χ2n) is 2.17. The van der Waals surface area contributed by atoms with Gasteiger partial charge in [0.1, 0.15) is 11.4 Å². The van der Waals surface area contributed by atoms with Gasteiger partial charge >= 0.3 is 11.9 Å². The van der Waals surface area contributed by atoms with E-state index in [1.54, 1.807) is 0 Å². The molecule has 0 amide bonds. The van der Waals surface area contributed by atoms with Crippen LogP contribution in [0.1, 0.15) is 21.0 Å². The summed E-state index contributed by atoms with van der Waals surface area (Å²) in [4.78, 5) is 24.3. The summed E-state index contributed by atoms with van der Waals surface area (Å²) in [5, 5.41) is 17.1. The van der Waals surface area contributed by atoms with Gasteiger partial charge in [-0.2, -0.15) is 0 Å². The number of hydrogen-bond donors (Lipinski definition) is 2. The highest BCUT2D eigenvalue weighted by atomic mass is 79.9. The Hall–Kier alpha value is -0.850. The van der Waals surface area contributed by atoms with Gasteiger partial charge < -0.3 is 10.2 Å². The van der Waals surface area contributed by atoms with Crippen molar-refractivity contribution in [3.8, 4) is 0 Å². The number of carboxylic acid groups (broad SMARTS) is 2. The molecule has 0 spiro atoms. The Balaban J connectivity index is 0. The molecule has 0 saturated heterocycles. The van der Waals surface area contributed by atoms with Crippen LogP contribution in [0, 0.1) is 0 Å². The minimum absolute atomic E-state index is 0. The maximum absolute atomic E-state index is 10.5. The quantitative estimate of drug-likeness (QED) is 0.871. The predicted octanol–water partition coefficient (Wildman–Crippen LogP) is 2.08. The first-order valence-electron chi connectivity index (χ1n) is 3.15. The summed E-state index contributed by atoms with van der Waals surface area (Å²) in [5.41, 5.74) is -0.599. The molecule has 0 radical (unpaired) electrons. The standard InChI is InChI=1S/C7H4BrNO4.2ClH/c8-3-1-4(6(10)11)9-5(2-3)7(12)13;;/h1-2H,(H,10,11)(H,12,13);2*1H. The molecule has 5 nitrogen and oxygen atoms in total. The fourth-order valence-electron chi connectivity index (χ4n) is 0.716. The molecule has 1 aromatic rings. The van der Waals surface area contributed by atoms with Gasteiger partial charge in [-0.1, -0.05) is 15.9 Å². The third-order valence-corrected chi connectivity index (χ3v) is 1.69. The van der Waals surface area contributed by atoms with Crippen LogP contribution in [0.5, 0.6) is 0 Å². The van der Waals surface area contributed by atoms with Crippen molar-refractivity contribution in [3.05, 3.63) is 28.0 Å². The molecule has 0 unspecified atom stereocenters. The summed E-state index contributed by atoms with van der Waals surface area (Å²) in [6.45, 7) is 0. The minimum Gasteiger partial charge on any atom is -0.477 e. The van der Waals surface area contributed by atoms with E-state index in [0.717, 1.165) is 0 Å². The van der Waals surface area contributed by atoms with Crippen molar-refractivity contribution >= 4 is 52.7 Å². The average molecular weight is 319 g/mol. The average Bonchev–Trinajstić information content (AvgIpc) is 2.03. The van der Waals surface area contributed by atoms with E-state index >= 15 is 0 Å². The van der Waals surface area contributed by atoms with Crippen molar-refractivity contribution in [3.63, 3.8) is 0 Å². The van der Waals surface area contributed by atoms with Crippen LogP contribution in [-0.2, 0) is 0 Å². The van der Waals surface area contributed by atoms with Crippen molar-refractivity contribution in [2.24, 2.45) is 0 Å². The van der Waals surface area contributed by atoms with Crippen LogP contribution in [0.4, 0.5) is 0 Å². The normalized spacial score (nSPS) is 8.33. The number of hydrogen-bond acceptors (Lipinski definition) is 3. The highest BCUT2D eigenvalue weighted by Crippen LogP contribution is 2.12. The number of aromatic carboxylic acids is 2. The maximum atomic E-state index is 10.5. The van der Waals surface area contributed by atoms with Crippen molar-refractivity contribution in [1.82, 2.24) is 4.98 Å². The molecule has 8 heteroatoms. The van der Waals surface area contributed by atoms with E-state index in [1.165, 1.54) is 12.1 Å². The SMILES string of the molecule is Cl.Cl.O=C(O)c1cc(Br)cc(C(=O)O)n1. The second-order valence-corrected chi connectivity index (χ2v) is 3.08. The van der Waals surface area contributed by atoms with Crippen molar-refractivity contribution in [2.75, 3.05) is 0 Å². The predicted molar refractivity (Wildman–Crippen MR) is 60.4 cm³/mol. The molecule has 1 aromatic heterocycles. The van der Waals surface area contributed by atoms with Gasteiger partial charge in [-0.25, -0.2) is 14.6 Å². The lowest BCUT2D eigenvalue weighted by molar-refractivity contribution is 0.0685. The van der Waals surface area contributed by atoms with Crippen molar-refractivity contribution in [2.45, 2.75) is 0 Å². The first kappa shape index (κ1) is 16.6. The molecule has 2 N–H and O–H groups in total. The van der Waals surface area contributed by atoms with Gasteiger partial charge in [-0.3, -0.25) is 0 Å². The van der Waals surface area contributed by atoms with Crippen LogP contribution in [0.3, 0.4) is 0 Å². The smallest absolute Gasteiger partial charge is 0.354 e. The number of aromatic nitrogens is 1. The lowest BCUT2D eigenvalue weighted by Gasteiger charge is -1.97. The fourth-order valence-corrected chi connectivity index (χ4v) is 1.15. The van der Waals surface area contributed by atoms with Crippen LogP contribution >= 0.6 is 40.7 Å². The van der Waals surface area contributed by atoms with Crippen molar-refractivity contribution < 1.29 is 19.8 Å². The van der Waals surface area contributed by atoms with Crippen LogP contribution in [0.15, 0.2) is 16.6 Å². The fraction of sp³-hybridized carbons (Fsp3) is 0. The Kier molecular flexibility index (Phi) is 7.29. The molecule has 0 bridgehead atoms. The van der Waals surface area contributed by atoms with E-state index in [4.69, 9.17) is 10.2 Å². The summed E-state index contributed by atoms with van der Waals surface area (Å²) < 4.78 is 0.373. The lowest BCUT2D eigenvalue weighted by atomic mass is 10.3. The number of carboxylic acids is 2. The van der Waals surface area contributed by atoms with Gasteiger partial charge in [0.05, 0.1) is 0 Å². The molecule has 0 aliphatic carbocycles. The van der Waals surface area contributed by atoms with Crippen LogP contribution in [0.2, 0.25) is 0 Å². The van der Waals surface area contributed by atoms with Crippen LogP contribution in [0.25, 0.3) is 0 Å². The van der Waals surface area contributed by atoms with Gasteiger partial charge in [0.15, 0.2) is 0 Å². The number of pyridine rings is 1. The first-order chi connectivity index (χ1) is 6.00. The molecule has 0 aliphatic heterocycles. The molecule has 1 heterocycles. The zero-order valence-electron chi connectivity index (χ0n) is 7.01. The molecule has 0 fully saturated rings. The Morgan fingerprint density at radius 2 is 1.40 bits per heavy atom. The van der Waals surface area contributed by atoms with E-state index in [-0.39, 0.29) is 36.2 Å². The molecule has 15 heavy (non-hydrogen) atoms. The van der Waals surface area contributed by atoms with E-state index in [2.05, 4.69) is 20.9 Å². The summed E-state index contributed by atoms with van der Waals surface area (Å²) in [7, 11) is 0. The second kappa shape index (κ2) is 6.60. The van der Waals surface area contributed by atoms with Gasteiger partial charge in [-0.05, 0) is 12.1 Å². The van der Waals surface area contributed by atoms with Gasteiger partial charge in [0.2, 0.25) is 0 Å². The van der Waals surface area contributed by atoms with E-state index in [0.29, 0.717) is 4.47 Å². The summed E-state index contributed by atoms with van der Waals surface area (Å²) in [6.07, 6.45) is 0. The largest absolute Gasteiger partial charge is 0.477 e. The molecule has 0 aliphatic rings. The Morgan fingerprint density at radius 3 is 1.67 bits per heavy atom. The Bertz CT molecular complexity index is 353. The molecule has 0 aromatic carbocycles. The van der Waals surface area contributed by atoms with E-state index in [9.17, 15) is 9.59 Å². The monoisotopic (exact) mass is 317 g/mol. The number of halogens is 3. The molecule has 1 rings (SSSR count). The zero-order chi connectivity index (χ0) is 10.0. The van der Waals surface area contributed by atoms with Crippen molar-refractivity contribution in [1.29, 1.82) is 0 Å². The Morgan fingerprint density at radius 1 is 1.07 bits per heavy atom. The molecule has 0 atom stereocenters. The van der Waals surface area contributed by atoms with E-state index < -0.39 is 11.9 Å². The highest BCUT2D eigenvalue weighted by Gasteiger charge is 2.11. The third kappa shape index (κ3) is 4.46. The zero-order valence-corrected chi connectivity index (χ0v) is 10.2. The lowest BCUT2D eigenvalue weighted by Crippen LogP contribution is -2.07. The van der Waals surface area contributed by atoms with E-state index in [1.807, 2.05) is 0 Å². The molecular weight excluding hydrogens is 313 g/mol. The maximum Gasteiger partial charge on any atom is 0.354 e. The highest BCUT2D eigenvalue weighted by molar-refractivity contribution is 9.10. The van der Waals surface area contributed by atoms with Gasteiger partial charge in [0, 0.05) is 4.47 Å². The first-order valence-corrected chi connectivity index (χ1v) is 3.94. The number of rotatable bonds is 2. The van der Waals surface area contributed by atoms with Crippen LogP contribution in [-0.4, -0.2) is 27.1 Å². The third-order valence-electron chi connectivity index (χ3n) is 1.23. The topological polar surface area (TPSA) is 87.5 Å². The summed E-state index contributed by atoms with van der Waals surface area (Å²) in [5.74, 6) is -2.52. The molecule has 0 saturated carbocycles. The van der Waals surface area contributed by atoms with Crippen LogP contribution < -0.4 is 0 Å². The number of nitrogens with zero attached hydrogens (tertiary/aromatic N) is 1. The summed E-state index contributed by atoms with van der Waals surface area (Å²) in [6, 6.07) is 2.46. The van der Waals surface area contributed by atoms with Gasteiger partial charge in [0.25, 0.3) is 0 Å². The minimum atomic E-state index is -1.26. The molecule has 84 valence electrons. The van der Waals surface area contributed by atoms with Gasteiger partial charge in [-0.15, -0.1) is 24.8 Å².